The monoisotopic (exact) mass is 210 g/mol. The summed E-state index contributed by atoms with van der Waals surface area (Å²) in [6.45, 7) is 4.09. The Kier molecular flexibility index (Phi) is 2.03. The standard InChI is InChI=1S/C9H10N2O2S/c1-4(2)7-5-3-6(9(12)13)14-8(5)11-10-7/h3-4H,1-2H3,(H,10,11)(H,12,13). The largest absolute Gasteiger partial charge is 0.477 e. The summed E-state index contributed by atoms with van der Waals surface area (Å²) in [5.41, 5.74) is 1.00. The highest BCUT2D eigenvalue weighted by Gasteiger charge is 2.15. The quantitative estimate of drug-likeness (QED) is 0.800. The number of hydrogen-bond donors (Lipinski definition) is 2. The van der Waals surface area contributed by atoms with Gasteiger partial charge in [0.2, 0.25) is 0 Å². The number of carboxylic acids is 1. The summed E-state index contributed by atoms with van der Waals surface area (Å²) in [6, 6.07) is 1.68. The Morgan fingerprint density at radius 2 is 2.36 bits per heavy atom. The van der Waals surface area contributed by atoms with Crippen LogP contribution in [0.5, 0.6) is 0 Å². The van der Waals surface area contributed by atoms with Crippen molar-refractivity contribution in [2.24, 2.45) is 0 Å². The molecule has 0 aliphatic heterocycles. The lowest BCUT2D eigenvalue weighted by Gasteiger charge is -1.98. The highest BCUT2D eigenvalue weighted by Crippen LogP contribution is 2.29. The van der Waals surface area contributed by atoms with E-state index in [9.17, 15) is 4.79 Å². The Hall–Kier alpha value is -1.36. The average molecular weight is 210 g/mol. The van der Waals surface area contributed by atoms with Crippen molar-refractivity contribution in [3.8, 4) is 0 Å². The van der Waals surface area contributed by atoms with Gasteiger partial charge >= 0.3 is 5.97 Å². The van der Waals surface area contributed by atoms with Gasteiger partial charge in [-0.15, -0.1) is 11.3 Å². The summed E-state index contributed by atoms with van der Waals surface area (Å²) in [5, 5.41) is 16.7. The van der Waals surface area contributed by atoms with E-state index in [0.717, 1.165) is 15.9 Å². The number of aromatic carboxylic acids is 1. The number of rotatable bonds is 2. The van der Waals surface area contributed by atoms with Crippen LogP contribution >= 0.6 is 11.3 Å². The number of nitrogens with one attached hydrogen (secondary N) is 1. The second kappa shape index (κ2) is 3.09. The van der Waals surface area contributed by atoms with Gasteiger partial charge in [-0.2, -0.15) is 5.10 Å². The van der Waals surface area contributed by atoms with Gasteiger partial charge in [0, 0.05) is 11.1 Å². The number of hydrogen-bond acceptors (Lipinski definition) is 3. The Labute approximate surface area is 84.6 Å². The molecule has 0 aliphatic carbocycles. The van der Waals surface area contributed by atoms with Crippen LogP contribution in [-0.4, -0.2) is 21.3 Å². The Morgan fingerprint density at radius 3 is 2.93 bits per heavy atom. The van der Waals surface area contributed by atoms with E-state index in [1.807, 2.05) is 13.8 Å². The fraction of sp³-hybridized carbons (Fsp3) is 0.333. The zero-order valence-corrected chi connectivity index (χ0v) is 8.68. The molecule has 74 valence electrons. The molecule has 0 saturated carbocycles. The van der Waals surface area contributed by atoms with Gasteiger partial charge in [-0.3, -0.25) is 5.10 Å². The van der Waals surface area contributed by atoms with Gasteiger partial charge in [-0.05, 0) is 12.0 Å². The lowest BCUT2D eigenvalue weighted by atomic mass is 10.1. The van der Waals surface area contributed by atoms with Crippen molar-refractivity contribution in [3.63, 3.8) is 0 Å². The Bertz CT molecular complexity index is 484. The van der Waals surface area contributed by atoms with E-state index in [0.29, 0.717) is 10.8 Å². The minimum Gasteiger partial charge on any atom is -0.477 e. The Morgan fingerprint density at radius 1 is 1.64 bits per heavy atom. The first-order valence-corrected chi connectivity index (χ1v) is 5.12. The van der Waals surface area contributed by atoms with E-state index in [1.165, 1.54) is 11.3 Å². The van der Waals surface area contributed by atoms with Crippen molar-refractivity contribution >= 4 is 27.5 Å². The predicted molar refractivity (Wildman–Crippen MR) is 55.0 cm³/mol. The third-order valence-corrected chi connectivity index (χ3v) is 3.09. The minimum absolute atomic E-state index is 0.330. The van der Waals surface area contributed by atoms with Crippen LogP contribution in [0.1, 0.15) is 35.1 Å². The highest BCUT2D eigenvalue weighted by molar-refractivity contribution is 7.20. The zero-order valence-electron chi connectivity index (χ0n) is 7.87. The van der Waals surface area contributed by atoms with Crippen LogP contribution in [0.15, 0.2) is 6.07 Å². The molecule has 0 amide bonds. The van der Waals surface area contributed by atoms with E-state index < -0.39 is 5.97 Å². The summed E-state index contributed by atoms with van der Waals surface area (Å²) >= 11 is 1.20. The van der Waals surface area contributed by atoms with Gasteiger partial charge in [-0.25, -0.2) is 4.79 Å². The van der Waals surface area contributed by atoms with E-state index in [-0.39, 0.29) is 0 Å². The molecule has 0 fully saturated rings. The molecule has 0 aromatic carbocycles. The first-order valence-electron chi connectivity index (χ1n) is 4.30. The summed E-state index contributed by atoms with van der Waals surface area (Å²) in [6.07, 6.45) is 0. The van der Waals surface area contributed by atoms with Gasteiger partial charge < -0.3 is 5.11 Å². The molecule has 2 heterocycles. The normalized spacial score (nSPS) is 11.4. The summed E-state index contributed by atoms with van der Waals surface area (Å²) < 4.78 is 0. The molecular weight excluding hydrogens is 200 g/mol. The lowest BCUT2D eigenvalue weighted by molar-refractivity contribution is 0.0702. The summed E-state index contributed by atoms with van der Waals surface area (Å²) in [4.78, 5) is 11.8. The molecule has 14 heavy (non-hydrogen) atoms. The maximum Gasteiger partial charge on any atom is 0.345 e. The van der Waals surface area contributed by atoms with Crippen LogP contribution < -0.4 is 0 Å². The van der Waals surface area contributed by atoms with Gasteiger partial charge in [0.25, 0.3) is 0 Å². The fourth-order valence-electron chi connectivity index (χ4n) is 1.37. The molecule has 4 nitrogen and oxygen atoms in total. The number of H-pyrrole nitrogens is 1. The highest BCUT2D eigenvalue weighted by atomic mass is 32.1. The SMILES string of the molecule is CC(C)c1[nH]nc2sc(C(=O)O)cc12. The van der Waals surface area contributed by atoms with Crippen molar-refractivity contribution in [2.45, 2.75) is 19.8 Å². The van der Waals surface area contributed by atoms with Crippen LogP contribution in [-0.2, 0) is 0 Å². The van der Waals surface area contributed by atoms with Crippen molar-refractivity contribution in [1.82, 2.24) is 10.2 Å². The third-order valence-electron chi connectivity index (χ3n) is 2.07. The number of aromatic amines is 1. The second-order valence-corrected chi connectivity index (χ2v) is 4.46. The van der Waals surface area contributed by atoms with Gasteiger partial charge in [0.1, 0.15) is 9.71 Å². The van der Waals surface area contributed by atoms with Crippen molar-refractivity contribution in [3.05, 3.63) is 16.6 Å². The molecule has 0 saturated heterocycles. The molecule has 0 atom stereocenters. The van der Waals surface area contributed by atoms with E-state index in [4.69, 9.17) is 5.11 Å². The summed E-state index contributed by atoms with van der Waals surface area (Å²) in [7, 11) is 0. The maximum atomic E-state index is 10.7. The van der Waals surface area contributed by atoms with Gasteiger partial charge in [0.15, 0.2) is 0 Å². The lowest BCUT2D eigenvalue weighted by Crippen LogP contribution is -1.91. The molecule has 0 aliphatic rings. The molecule has 0 unspecified atom stereocenters. The smallest absolute Gasteiger partial charge is 0.345 e. The molecule has 2 N–H and O–H groups in total. The number of aromatic nitrogens is 2. The average Bonchev–Trinajstić information content (AvgIpc) is 2.58. The zero-order chi connectivity index (χ0) is 10.3. The molecule has 5 heteroatoms. The number of carboxylic acid groups (broad SMARTS) is 1. The van der Waals surface area contributed by atoms with E-state index in [1.54, 1.807) is 6.07 Å². The molecule has 0 bridgehead atoms. The van der Waals surface area contributed by atoms with E-state index in [2.05, 4.69) is 10.2 Å². The van der Waals surface area contributed by atoms with Gasteiger partial charge in [0.05, 0.1) is 0 Å². The molecule has 2 rings (SSSR count). The first kappa shape index (κ1) is 9.21. The minimum atomic E-state index is -0.886. The van der Waals surface area contributed by atoms with Crippen molar-refractivity contribution < 1.29 is 9.90 Å². The number of thiophene rings is 1. The third kappa shape index (κ3) is 1.29. The van der Waals surface area contributed by atoms with Crippen LogP contribution in [0.4, 0.5) is 0 Å². The second-order valence-electron chi connectivity index (χ2n) is 3.43. The molecule has 2 aromatic heterocycles. The number of carbonyl (C=O) groups is 1. The van der Waals surface area contributed by atoms with E-state index >= 15 is 0 Å². The van der Waals surface area contributed by atoms with Crippen molar-refractivity contribution in [1.29, 1.82) is 0 Å². The van der Waals surface area contributed by atoms with Crippen LogP contribution in [0.2, 0.25) is 0 Å². The first-order chi connectivity index (χ1) is 6.59. The van der Waals surface area contributed by atoms with Crippen LogP contribution in [0.25, 0.3) is 10.2 Å². The topological polar surface area (TPSA) is 66.0 Å². The van der Waals surface area contributed by atoms with Crippen LogP contribution in [0, 0.1) is 0 Å². The maximum absolute atomic E-state index is 10.7. The molecule has 0 radical (unpaired) electrons. The number of nitrogens with zero attached hydrogens (tertiary/aromatic N) is 1. The Balaban J connectivity index is 2.61. The fourth-order valence-corrected chi connectivity index (χ4v) is 2.22. The van der Waals surface area contributed by atoms with Crippen molar-refractivity contribution in [2.75, 3.05) is 0 Å². The molecule has 0 spiro atoms. The van der Waals surface area contributed by atoms with Crippen LogP contribution in [0.3, 0.4) is 0 Å². The predicted octanol–water partition coefficient (Wildman–Crippen LogP) is 2.45. The summed E-state index contributed by atoms with van der Waals surface area (Å²) in [5.74, 6) is -0.557. The molecular formula is C9H10N2O2S. The number of fused-ring (bicyclic) bond motifs is 1. The van der Waals surface area contributed by atoms with Gasteiger partial charge in [-0.1, -0.05) is 13.8 Å². The molecule has 2 aromatic rings.